The van der Waals surface area contributed by atoms with E-state index in [0.29, 0.717) is 36.2 Å². The smallest absolute Gasteiger partial charge is 0.331 e. The molecule has 1 aliphatic carbocycles. The zero-order valence-corrected chi connectivity index (χ0v) is 22.8. The Morgan fingerprint density at radius 3 is 2.28 bits per heavy atom. The van der Waals surface area contributed by atoms with E-state index >= 15 is 0 Å². The first-order chi connectivity index (χ1) is 18.9. The highest BCUT2D eigenvalue weighted by atomic mass is 16.5. The molecule has 1 heterocycles. The number of nitrogens with zero attached hydrogens (tertiary/aromatic N) is 1. The highest BCUT2D eigenvalue weighted by Gasteiger charge is 2.51. The number of rotatable bonds is 9. The van der Waals surface area contributed by atoms with Crippen molar-refractivity contribution in [3.05, 3.63) is 89.0 Å². The molecule has 3 aromatic carbocycles. The zero-order chi connectivity index (χ0) is 27.4. The van der Waals surface area contributed by atoms with Crippen LogP contribution in [0.2, 0.25) is 0 Å². The molecular weight excluding hydrogens is 488 g/mol. The predicted molar refractivity (Wildman–Crippen MR) is 153 cm³/mol. The van der Waals surface area contributed by atoms with E-state index < -0.39 is 5.54 Å². The zero-order valence-electron chi connectivity index (χ0n) is 22.8. The number of hydrogen-bond donors (Lipinski definition) is 1. The molecule has 39 heavy (non-hydrogen) atoms. The summed E-state index contributed by atoms with van der Waals surface area (Å²) in [5.41, 5.74) is 5.16. The number of carbonyl (C=O) groups is 3. The van der Waals surface area contributed by atoms with E-state index in [-0.39, 0.29) is 17.8 Å². The molecule has 1 aliphatic heterocycles. The molecule has 1 N–H and O–H groups in total. The highest BCUT2D eigenvalue weighted by molar-refractivity contribution is 6.04. The maximum atomic E-state index is 13.5. The van der Waals surface area contributed by atoms with Crippen LogP contribution in [0.5, 0.6) is 0 Å². The second kappa shape index (κ2) is 11.4. The molecular formula is C33H36N2O4. The number of ether oxygens (including phenoxy) is 1. The lowest BCUT2D eigenvalue weighted by Crippen LogP contribution is -2.53. The Morgan fingerprint density at radius 1 is 0.923 bits per heavy atom. The number of nitrogens with one attached hydrogen (secondary N) is 1. The summed E-state index contributed by atoms with van der Waals surface area (Å²) >= 11 is 0. The molecule has 6 nitrogen and oxygen atoms in total. The number of fused-ring (bicyclic) bond motifs is 1. The molecule has 3 aromatic rings. The largest absolute Gasteiger partial charge is 0.467 e. The van der Waals surface area contributed by atoms with Gasteiger partial charge in [0.25, 0.3) is 11.8 Å². The van der Waals surface area contributed by atoms with Gasteiger partial charge in [-0.05, 0) is 78.3 Å². The third kappa shape index (κ3) is 5.33. The Bertz CT molecular complexity index is 1360. The van der Waals surface area contributed by atoms with Crippen LogP contribution in [0.3, 0.4) is 0 Å². The van der Waals surface area contributed by atoms with Gasteiger partial charge in [0.2, 0.25) is 0 Å². The molecule has 202 valence electrons. The van der Waals surface area contributed by atoms with Gasteiger partial charge >= 0.3 is 5.97 Å². The van der Waals surface area contributed by atoms with Crippen LogP contribution in [0, 0.1) is 0 Å². The fraction of sp³-hybridized carbons (Fsp3) is 0.364. The van der Waals surface area contributed by atoms with Crippen molar-refractivity contribution in [2.75, 3.05) is 12.4 Å². The van der Waals surface area contributed by atoms with Gasteiger partial charge in [-0.3, -0.25) is 9.59 Å². The molecule has 1 fully saturated rings. The van der Waals surface area contributed by atoms with Crippen molar-refractivity contribution in [1.82, 2.24) is 4.90 Å². The lowest BCUT2D eigenvalue weighted by atomic mass is 9.95. The first-order valence-electron chi connectivity index (χ1n) is 14.0. The summed E-state index contributed by atoms with van der Waals surface area (Å²) in [6.45, 7) is 2.62. The van der Waals surface area contributed by atoms with Crippen LogP contribution in [-0.2, 0) is 22.5 Å². The van der Waals surface area contributed by atoms with Crippen molar-refractivity contribution in [1.29, 1.82) is 0 Å². The number of amides is 2. The van der Waals surface area contributed by atoms with Gasteiger partial charge in [-0.1, -0.05) is 69.0 Å². The Morgan fingerprint density at radius 2 is 1.62 bits per heavy atom. The van der Waals surface area contributed by atoms with Crippen molar-refractivity contribution in [3.63, 3.8) is 0 Å². The standard InChI is InChI=1S/C33H36N2O4/c1-3-4-5-8-23-9-11-25(12-10-23)30(36)34-28-17-15-24(16-18-28)26-13-14-27-22-35(31(37)29(27)21-26)33(32(38)39-2)19-6-7-20-33/h9-18,21H,3-8,19-20,22H2,1-2H3,(H,34,36). The summed E-state index contributed by atoms with van der Waals surface area (Å²) in [6.07, 6.45) is 7.72. The fourth-order valence-electron chi connectivity index (χ4n) is 5.91. The molecule has 0 atom stereocenters. The minimum absolute atomic E-state index is 0.112. The van der Waals surface area contributed by atoms with E-state index in [1.54, 1.807) is 4.90 Å². The molecule has 0 aromatic heterocycles. The van der Waals surface area contributed by atoms with E-state index in [1.165, 1.54) is 31.9 Å². The monoisotopic (exact) mass is 524 g/mol. The van der Waals surface area contributed by atoms with Gasteiger partial charge < -0.3 is 15.0 Å². The van der Waals surface area contributed by atoms with Crippen molar-refractivity contribution in [2.45, 2.75) is 70.4 Å². The van der Waals surface area contributed by atoms with Crippen LogP contribution in [0.25, 0.3) is 11.1 Å². The van der Waals surface area contributed by atoms with Gasteiger partial charge in [0, 0.05) is 23.4 Å². The van der Waals surface area contributed by atoms with E-state index in [1.807, 2.05) is 66.7 Å². The second-order valence-electron chi connectivity index (χ2n) is 10.7. The quantitative estimate of drug-likeness (QED) is 0.247. The van der Waals surface area contributed by atoms with Gasteiger partial charge in [-0.25, -0.2) is 4.79 Å². The normalized spacial score (nSPS) is 15.7. The second-order valence-corrected chi connectivity index (χ2v) is 10.7. The van der Waals surface area contributed by atoms with Gasteiger partial charge in [0.1, 0.15) is 5.54 Å². The maximum absolute atomic E-state index is 13.5. The number of benzene rings is 3. The first-order valence-corrected chi connectivity index (χ1v) is 14.0. The number of aryl methyl sites for hydroxylation is 1. The number of anilines is 1. The Balaban J connectivity index is 1.26. The van der Waals surface area contributed by atoms with E-state index in [4.69, 9.17) is 4.74 Å². The molecule has 1 saturated carbocycles. The third-order valence-corrected chi connectivity index (χ3v) is 8.19. The van der Waals surface area contributed by atoms with E-state index in [2.05, 4.69) is 12.2 Å². The number of hydrogen-bond acceptors (Lipinski definition) is 4. The SMILES string of the molecule is CCCCCc1ccc(C(=O)Nc2ccc(-c3ccc4c(c3)C(=O)N(C3(C(=O)OC)CCCC3)C4)cc2)cc1. The van der Waals surface area contributed by atoms with E-state index in [9.17, 15) is 14.4 Å². The predicted octanol–water partition coefficient (Wildman–Crippen LogP) is 6.78. The summed E-state index contributed by atoms with van der Waals surface area (Å²) in [6, 6.07) is 21.3. The van der Waals surface area contributed by atoms with Gasteiger partial charge in [0.15, 0.2) is 0 Å². The van der Waals surface area contributed by atoms with Crippen LogP contribution in [-0.4, -0.2) is 35.3 Å². The van der Waals surface area contributed by atoms with Crippen molar-refractivity contribution in [3.8, 4) is 11.1 Å². The number of carbonyl (C=O) groups excluding carboxylic acids is 3. The van der Waals surface area contributed by atoms with Gasteiger partial charge in [-0.15, -0.1) is 0 Å². The van der Waals surface area contributed by atoms with Crippen LogP contribution in [0.1, 0.15) is 83.7 Å². The average Bonchev–Trinajstić information content (AvgIpc) is 3.59. The highest BCUT2D eigenvalue weighted by Crippen LogP contribution is 2.42. The van der Waals surface area contributed by atoms with Gasteiger partial charge in [0.05, 0.1) is 7.11 Å². The Kier molecular flexibility index (Phi) is 7.82. The first kappa shape index (κ1) is 26.7. The topological polar surface area (TPSA) is 75.7 Å². The minimum atomic E-state index is -0.861. The molecule has 2 amide bonds. The minimum Gasteiger partial charge on any atom is -0.467 e. The summed E-state index contributed by atoms with van der Waals surface area (Å²) in [5, 5.41) is 2.97. The summed E-state index contributed by atoms with van der Waals surface area (Å²) in [4.78, 5) is 40.7. The molecule has 0 saturated heterocycles. The third-order valence-electron chi connectivity index (χ3n) is 8.19. The van der Waals surface area contributed by atoms with Crippen LogP contribution < -0.4 is 5.32 Å². The van der Waals surface area contributed by atoms with Crippen LogP contribution in [0.4, 0.5) is 5.69 Å². The Labute approximate surface area is 230 Å². The molecule has 2 aliphatic rings. The Hall–Kier alpha value is -3.93. The molecule has 0 spiro atoms. The number of esters is 1. The number of methoxy groups -OCH3 is 1. The van der Waals surface area contributed by atoms with Crippen LogP contribution in [0.15, 0.2) is 66.7 Å². The molecule has 6 heteroatoms. The maximum Gasteiger partial charge on any atom is 0.331 e. The van der Waals surface area contributed by atoms with Crippen molar-refractivity contribution in [2.24, 2.45) is 0 Å². The van der Waals surface area contributed by atoms with Gasteiger partial charge in [-0.2, -0.15) is 0 Å². The summed E-state index contributed by atoms with van der Waals surface area (Å²) < 4.78 is 5.12. The van der Waals surface area contributed by atoms with Crippen molar-refractivity contribution < 1.29 is 19.1 Å². The summed E-state index contributed by atoms with van der Waals surface area (Å²) in [7, 11) is 1.39. The lowest BCUT2D eigenvalue weighted by Gasteiger charge is -2.35. The molecule has 0 radical (unpaired) electrons. The average molecular weight is 525 g/mol. The summed E-state index contributed by atoms with van der Waals surface area (Å²) in [5.74, 6) is -0.570. The number of unbranched alkanes of at least 4 members (excludes halogenated alkanes) is 2. The van der Waals surface area contributed by atoms with E-state index in [0.717, 1.165) is 36.0 Å². The molecule has 0 unspecified atom stereocenters. The van der Waals surface area contributed by atoms with Crippen LogP contribution >= 0.6 is 0 Å². The van der Waals surface area contributed by atoms with Crippen molar-refractivity contribution >= 4 is 23.5 Å². The molecule has 5 rings (SSSR count). The fourth-order valence-corrected chi connectivity index (χ4v) is 5.91. The molecule has 0 bridgehead atoms. The lowest BCUT2D eigenvalue weighted by molar-refractivity contribution is -0.153.